The third kappa shape index (κ3) is 4.14. The van der Waals surface area contributed by atoms with Gasteiger partial charge >= 0.3 is 0 Å². The standard InChI is InChI=1S/C15H12Br3F/c16-9-12(10-1-3-13(17)4-2-10)7-11-8-14(19)5-6-15(11)18/h1-6,8,12H,7,9H2. The van der Waals surface area contributed by atoms with Crippen molar-refractivity contribution in [1.82, 2.24) is 0 Å². The van der Waals surface area contributed by atoms with Gasteiger partial charge in [-0.05, 0) is 53.8 Å². The lowest BCUT2D eigenvalue weighted by Crippen LogP contribution is -2.05. The van der Waals surface area contributed by atoms with Gasteiger partial charge in [-0.2, -0.15) is 0 Å². The molecule has 0 aliphatic carbocycles. The second kappa shape index (κ2) is 7.00. The summed E-state index contributed by atoms with van der Waals surface area (Å²) in [6.07, 6.45) is 0.797. The maximum absolute atomic E-state index is 13.3. The van der Waals surface area contributed by atoms with E-state index in [1.165, 1.54) is 11.6 Å². The van der Waals surface area contributed by atoms with Gasteiger partial charge in [-0.3, -0.25) is 0 Å². The van der Waals surface area contributed by atoms with E-state index in [1.807, 2.05) is 12.1 Å². The van der Waals surface area contributed by atoms with E-state index in [0.29, 0.717) is 5.92 Å². The van der Waals surface area contributed by atoms with E-state index in [0.717, 1.165) is 26.3 Å². The van der Waals surface area contributed by atoms with Crippen LogP contribution in [0.25, 0.3) is 0 Å². The van der Waals surface area contributed by atoms with E-state index in [9.17, 15) is 4.39 Å². The van der Waals surface area contributed by atoms with Crippen molar-refractivity contribution in [3.8, 4) is 0 Å². The average molecular weight is 451 g/mol. The van der Waals surface area contributed by atoms with Crippen LogP contribution < -0.4 is 0 Å². The van der Waals surface area contributed by atoms with Gasteiger partial charge in [0.1, 0.15) is 5.82 Å². The van der Waals surface area contributed by atoms with Crippen molar-refractivity contribution in [3.05, 3.63) is 68.4 Å². The zero-order valence-electron chi connectivity index (χ0n) is 10.0. The van der Waals surface area contributed by atoms with Gasteiger partial charge < -0.3 is 0 Å². The lowest BCUT2D eigenvalue weighted by Gasteiger charge is -2.16. The van der Waals surface area contributed by atoms with Gasteiger partial charge in [0.15, 0.2) is 0 Å². The van der Waals surface area contributed by atoms with Gasteiger partial charge in [0, 0.05) is 14.3 Å². The average Bonchev–Trinajstić information content (AvgIpc) is 2.41. The van der Waals surface area contributed by atoms with Crippen LogP contribution in [0.15, 0.2) is 51.4 Å². The summed E-state index contributed by atoms with van der Waals surface area (Å²) in [6, 6.07) is 13.1. The summed E-state index contributed by atoms with van der Waals surface area (Å²) in [5, 5.41) is 0.845. The maximum atomic E-state index is 13.3. The van der Waals surface area contributed by atoms with Crippen LogP contribution in [0.4, 0.5) is 4.39 Å². The zero-order valence-corrected chi connectivity index (χ0v) is 14.8. The fraction of sp³-hybridized carbons (Fsp3) is 0.200. The van der Waals surface area contributed by atoms with Crippen molar-refractivity contribution in [2.24, 2.45) is 0 Å². The molecule has 0 heterocycles. The third-order valence-corrected chi connectivity index (χ3v) is 5.09. The van der Waals surface area contributed by atoms with Gasteiger partial charge in [-0.25, -0.2) is 4.39 Å². The summed E-state index contributed by atoms with van der Waals surface area (Å²) < 4.78 is 15.3. The number of hydrogen-bond donors (Lipinski definition) is 0. The fourth-order valence-corrected chi connectivity index (χ4v) is 3.24. The van der Waals surface area contributed by atoms with Crippen LogP contribution in [0.1, 0.15) is 17.0 Å². The minimum absolute atomic E-state index is 0.192. The minimum atomic E-state index is -0.192. The topological polar surface area (TPSA) is 0 Å². The molecule has 4 heteroatoms. The third-order valence-electron chi connectivity index (χ3n) is 3.00. The molecule has 0 spiro atoms. The number of rotatable bonds is 4. The highest BCUT2D eigenvalue weighted by molar-refractivity contribution is 9.10. The first-order valence-electron chi connectivity index (χ1n) is 5.85. The van der Waals surface area contributed by atoms with Crippen molar-refractivity contribution in [1.29, 1.82) is 0 Å². The summed E-state index contributed by atoms with van der Waals surface area (Å²) in [7, 11) is 0. The molecule has 100 valence electrons. The van der Waals surface area contributed by atoms with E-state index in [1.54, 1.807) is 12.1 Å². The molecule has 0 bridgehead atoms. The fourth-order valence-electron chi connectivity index (χ4n) is 1.96. The first-order valence-corrected chi connectivity index (χ1v) is 8.56. The minimum Gasteiger partial charge on any atom is -0.207 e. The summed E-state index contributed by atoms with van der Waals surface area (Å²) in [5.41, 5.74) is 2.24. The molecular weight excluding hydrogens is 439 g/mol. The molecule has 0 aliphatic rings. The number of alkyl halides is 1. The summed E-state index contributed by atoms with van der Waals surface area (Å²) in [5.74, 6) is 0.133. The molecule has 0 N–H and O–H groups in total. The van der Waals surface area contributed by atoms with Crippen molar-refractivity contribution in [2.75, 3.05) is 5.33 Å². The molecule has 0 nitrogen and oxygen atoms in total. The van der Waals surface area contributed by atoms with Gasteiger partial charge in [-0.15, -0.1) is 0 Å². The Bertz CT molecular complexity index is 552. The van der Waals surface area contributed by atoms with Crippen LogP contribution in [-0.2, 0) is 6.42 Å². The Labute approximate surface area is 137 Å². The lowest BCUT2D eigenvalue weighted by molar-refractivity contribution is 0.623. The summed E-state index contributed by atoms with van der Waals surface area (Å²) in [4.78, 5) is 0. The van der Waals surface area contributed by atoms with Crippen molar-refractivity contribution in [2.45, 2.75) is 12.3 Å². The van der Waals surface area contributed by atoms with Gasteiger partial charge in [-0.1, -0.05) is 59.9 Å². The highest BCUT2D eigenvalue weighted by Gasteiger charge is 2.13. The van der Waals surface area contributed by atoms with Gasteiger partial charge in [0.25, 0.3) is 0 Å². The Morgan fingerprint density at radius 3 is 2.32 bits per heavy atom. The van der Waals surface area contributed by atoms with Crippen LogP contribution in [0.3, 0.4) is 0 Å². The molecule has 0 aliphatic heterocycles. The lowest BCUT2D eigenvalue weighted by atomic mass is 9.94. The van der Waals surface area contributed by atoms with Crippen molar-refractivity contribution in [3.63, 3.8) is 0 Å². The second-order valence-corrected chi connectivity index (χ2v) is 6.76. The predicted octanol–water partition coefficient (Wildman–Crippen LogP) is 6.07. The molecule has 2 aromatic carbocycles. The molecular formula is C15H12Br3F. The van der Waals surface area contributed by atoms with Crippen LogP contribution in [-0.4, -0.2) is 5.33 Å². The molecule has 2 aromatic rings. The monoisotopic (exact) mass is 448 g/mol. The Kier molecular flexibility index (Phi) is 5.60. The molecule has 1 atom stereocenters. The Morgan fingerprint density at radius 1 is 1.00 bits per heavy atom. The first kappa shape index (κ1) is 15.2. The molecule has 0 saturated carbocycles. The maximum Gasteiger partial charge on any atom is 0.123 e. The quantitative estimate of drug-likeness (QED) is 0.496. The molecule has 1 unspecified atom stereocenters. The Morgan fingerprint density at radius 2 is 1.68 bits per heavy atom. The van der Waals surface area contributed by atoms with Crippen LogP contribution in [0.2, 0.25) is 0 Å². The molecule has 0 fully saturated rings. The van der Waals surface area contributed by atoms with Crippen molar-refractivity contribution >= 4 is 47.8 Å². The van der Waals surface area contributed by atoms with Gasteiger partial charge in [0.05, 0.1) is 0 Å². The van der Waals surface area contributed by atoms with Crippen LogP contribution >= 0.6 is 47.8 Å². The Hall–Kier alpha value is -0.190. The van der Waals surface area contributed by atoms with E-state index in [4.69, 9.17) is 0 Å². The summed E-state index contributed by atoms with van der Waals surface area (Å²) in [6.45, 7) is 0. The Balaban J connectivity index is 2.23. The van der Waals surface area contributed by atoms with Crippen LogP contribution in [0, 0.1) is 5.82 Å². The zero-order chi connectivity index (χ0) is 13.8. The summed E-state index contributed by atoms with van der Waals surface area (Å²) >= 11 is 10.5. The number of benzene rings is 2. The number of halogens is 4. The van der Waals surface area contributed by atoms with E-state index in [2.05, 4.69) is 59.9 Å². The predicted molar refractivity (Wildman–Crippen MR) is 88.5 cm³/mol. The molecule has 2 rings (SSSR count). The van der Waals surface area contributed by atoms with E-state index in [-0.39, 0.29) is 5.82 Å². The largest absolute Gasteiger partial charge is 0.207 e. The molecule has 0 saturated heterocycles. The molecule has 0 amide bonds. The first-order chi connectivity index (χ1) is 9.10. The van der Waals surface area contributed by atoms with Gasteiger partial charge in [0.2, 0.25) is 0 Å². The number of hydrogen-bond acceptors (Lipinski definition) is 0. The SMILES string of the molecule is Fc1ccc(Br)c(CC(CBr)c2ccc(Br)cc2)c1. The van der Waals surface area contributed by atoms with Crippen molar-refractivity contribution < 1.29 is 4.39 Å². The highest BCUT2D eigenvalue weighted by atomic mass is 79.9. The van der Waals surface area contributed by atoms with E-state index >= 15 is 0 Å². The molecule has 19 heavy (non-hydrogen) atoms. The second-order valence-electron chi connectivity index (χ2n) is 4.34. The molecule has 0 aromatic heterocycles. The smallest absolute Gasteiger partial charge is 0.123 e. The van der Waals surface area contributed by atoms with E-state index < -0.39 is 0 Å². The normalized spacial score (nSPS) is 12.4. The van der Waals surface area contributed by atoms with Crippen LogP contribution in [0.5, 0.6) is 0 Å². The molecule has 0 radical (unpaired) electrons. The highest BCUT2D eigenvalue weighted by Crippen LogP contribution is 2.28.